The van der Waals surface area contributed by atoms with Crippen molar-refractivity contribution in [2.45, 2.75) is 32.1 Å². The second kappa shape index (κ2) is 9.29. The largest absolute Gasteiger partial charge is 0.354 e. The third-order valence-electron chi connectivity index (χ3n) is 3.91. The highest BCUT2D eigenvalue weighted by molar-refractivity contribution is 7.12. The zero-order chi connectivity index (χ0) is 16.5. The van der Waals surface area contributed by atoms with Gasteiger partial charge < -0.3 is 16.0 Å². The van der Waals surface area contributed by atoms with Crippen molar-refractivity contribution in [1.29, 1.82) is 0 Å². The number of hydrogen-bond donors (Lipinski definition) is 3. The lowest BCUT2D eigenvalue weighted by molar-refractivity contribution is -0.125. The van der Waals surface area contributed by atoms with Crippen molar-refractivity contribution in [1.82, 2.24) is 16.0 Å². The second-order valence-electron chi connectivity index (χ2n) is 5.74. The molecule has 1 aromatic rings. The molecule has 3 N–H and O–H groups in total. The van der Waals surface area contributed by atoms with Crippen molar-refractivity contribution in [3.05, 3.63) is 22.4 Å². The zero-order valence-corrected chi connectivity index (χ0v) is 13.9. The molecule has 0 bridgehead atoms. The molecule has 2 rings (SSSR count). The van der Waals surface area contributed by atoms with E-state index >= 15 is 0 Å². The van der Waals surface area contributed by atoms with E-state index in [1.807, 2.05) is 0 Å². The molecule has 1 saturated carbocycles. The summed E-state index contributed by atoms with van der Waals surface area (Å²) in [5.74, 6) is -0.276. The van der Waals surface area contributed by atoms with E-state index in [2.05, 4.69) is 16.0 Å². The van der Waals surface area contributed by atoms with Crippen LogP contribution < -0.4 is 16.0 Å². The number of carbonyl (C=O) groups is 3. The van der Waals surface area contributed by atoms with E-state index in [9.17, 15) is 14.4 Å². The van der Waals surface area contributed by atoms with Crippen LogP contribution in [-0.2, 0) is 9.59 Å². The number of hydrogen-bond acceptors (Lipinski definition) is 4. The monoisotopic (exact) mass is 337 g/mol. The molecule has 6 nitrogen and oxygen atoms in total. The highest BCUT2D eigenvalue weighted by atomic mass is 32.1. The molecule has 0 spiro atoms. The maximum absolute atomic E-state index is 11.7. The van der Waals surface area contributed by atoms with Gasteiger partial charge in [-0.15, -0.1) is 11.3 Å². The van der Waals surface area contributed by atoms with Crippen molar-refractivity contribution in [2.24, 2.45) is 5.92 Å². The highest BCUT2D eigenvalue weighted by Crippen LogP contribution is 2.22. The van der Waals surface area contributed by atoms with Gasteiger partial charge in [0.25, 0.3) is 5.91 Å². The number of thiophene rings is 1. The molecule has 1 fully saturated rings. The lowest BCUT2D eigenvalue weighted by atomic mass is 9.89. The summed E-state index contributed by atoms with van der Waals surface area (Å²) in [4.78, 5) is 35.6. The van der Waals surface area contributed by atoms with Crippen LogP contribution in [0.25, 0.3) is 0 Å². The molecule has 3 amide bonds. The van der Waals surface area contributed by atoms with Crippen molar-refractivity contribution in [3.8, 4) is 0 Å². The average molecular weight is 337 g/mol. The molecule has 1 aliphatic carbocycles. The Hall–Kier alpha value is -1.89. The second-order valence-corrected chi connectivity index (χ2v) is 6.69. The van der Waals surface area contributed by atoms with Gasteiger partial charge in [0.2, 0.25) is 11.8 Å². The smallest absolute Gasteiger partial charge is 0.261 e. The third-order valence-corrected chi connectivity index (χ3v) is 4.78. The molecule has 0 atom stereocenters. The SMILES string of the molecule is O=C(CNC(=O)CNC(=O)c1cccs1)NCC1CCCCC1. The first-order valence-corrected chi connectivity index (χ1v) is 8.88. The Morgan fingerprint density at radius 1 is 1.00 bits per heavy atom. The van der Waals surface area contributed by atoms with Gasteiger partial charge in [0.1, 0.15) is 0 Å². The summed E-state index contributed by atoms with van der Waals surface area (Å²) in [6, 6.07) is 3.47. The zero-order valence-electron chi connectivity index (χ0n) is 13.1. The predicted molar refractivity (Wildman–Crippen MR) is 89.2 cm³/mol. The van der Waals surface area contributed by atoms with Crippen LogP contribution in [0, 0.1) is 5.92 Å². The Balaban J connectivity index is 1.56. The quantitative estimate of drug-likeness (QED) is 0.701. The van der Waals surface area contributed by atoms with Gasteiger partial charge in [-0.2, -0.15) is 0 Å². The summed E-state index contributed by atoms with van der Waals surface area (Å²) in [6.45, 7) is 0.497. The number of nitrogens with one attached hydrogen (secondary N) is 3. The fourth-order valence-electron chi connectivity index (χ4n) is 2.61. The van der Waals surface area contributed by atoms with Crippen LogP contribution in [0.4, 0.5) is 0 Å². The maximum Gasteiger partial charge on any atom is 0.261 e. The van der Waals surface area contributed by atoms with Gasteiger partial charge in [0.15, 0.2) is 0 Å². The topological polar surface area (TPSA) is 87.3 Å². The Labute approximate surface area is 140 Å². The first kappa shape index (κ1) is 17.5. The van der Waals surface area contributed by atoms with Crippen molar-refractivity contribution in [2.75, 3.05) is 19.6 Å². The van der Waals surface area contributed by atoms with Gasteiger partial charge in [0.05, 0.1) is 18.0 Å². The van der Waals surface area contributed by atoms with Crippen molar-refractivity contribution in [3.63, 3.8) is 0 Å². The standard InChI is InChI=1S/C16H23N3O3S/c20-14(17-9-12-5-2-1-3-6-12)10-18-15(21)11-19-16(22)13-7-4-8-23-13/h4,7-8,12H,1-3,5-6,9-11H2,(H,17,20)(H,18,21)(H,19,22). The van der Waals surface area contributed by atoms with E-state index in [-0.39, 0.29) is 30.8 Å². The molecular formula is C16H23N3O3S. The minimum Gasteiger partial charge on any atom is -0.354 e. The minimum atomic E-state index is -0.372. The lowest BCUT2D eigenvalue weighted by Crippen LogP contribution is -2.42. The molecular weight excluding hydrogens is 314 g/mol. The Morgan fingerprint density at radius 3 is 2.39 bits per heavy atom. The van der Waals surface area contributed by atoms with Gasteiger partial charge in [-0.1, -0.05) is 25.3 Å². The van der Waals surface area contributed by atoms with Gasteiger partial charge in [-0.3, -0.25) is 14.4 Å². The van der Waals surface area contributed by atoms with Crippen molar-refractivity contribution >= 4 is 29.1 Å². The van der Waals surface area contributed by atoms with Gasteiger partial charge >= 0.3 is 0 Å². The summed E-state index contributed by atoms with van der Waals surface area (Å²) in [6.07, 6.45) is 6.10. The number of carbonyl (C=O) groups excluding carboxylic acids is 3. The molecule has 126 valence electrons. The summed E-state index contributed by atoms with van der Waals surface area (Å²) >= 11 is 1.31. The minimum absolute atomic E-state index is 0.0551. The van der Waals surface area contributed by atoms with Crippen LogP contribution >= 0.6 is 11.3 Å². The summed E-state index contributed by atoms with van der Waals surface area (Å²) in [7, 11) is 0. The van der Waals surface area contributed by atoms with Crippen LogP contribution in [0.3, 0.4) is 0 Å². The van der Waals surface area contributed by atoms with E-state index < -0.39 is 0 Å². The maximum atomic E-state index is 11.7. The molecule has 1 aromatic heterocycles. The molecule has 1 aliphatic rings. The summed E-state index contributed by atoms with van der Waals surface area (Å²) < 4.78 is 0. The van der Waals surface area contributed by atoms with Gasteiger partial charge in [0, 0.05) is 6.54 Å². The number of rotatable bonds is 7. The molecule has 0 unspecified atom stereocenters. The van der Waals surface area contributed by atoms with Crippen LogP contribution in [0.15, 0.2) is 17.5 Å². The molecule has 0 aromatic carbocycles. The van der Waals surface area contributed by atoms with Crippen LogP contribution in [0.5, 0.6) is 0 Å². The molecule has 7 heteroatoms. The molecule has 23 heavy (non-hydrogen) atoms. The van der Waals surface area contributed by atoms with E-state index in [1.165, 1.54) is 43.4 Å². The van der Waals surface area contributed by atoms with E-state index in [0.717, 1.165) is 0 Å². The lowest BCUT2D eigenvalue weighted by Gasteiger charge is -2.21. The normalized spacial score (nSPS) is 15.0. The first-order chi connectivity index (χ1) is 11.1. The van der Waals surface area contributed by atoms with Gasteiger partial charge in [-0.05, 0) is 30.2 Å². The Bertz CT molecular complexity index is 525. The summed E-state index contributed by atoms with van der Waals surface area (Å²) in [5, 5.41) is 9.68. The van der Waals surface area contributed by atoms with E-state index in [1.54, 1.807) is 17.5 Å². The van der Waals surface area contributed by atoms with Crippen molar-refractivity contribution < 1.29 is 14.4 Å². The highest BCUT2D eigenvalue weighted by Gasteiger charge is 2.14. The summed E-state index contributed by atoms with van der Waals surface area (Å²) in [5.41, 5.74) is 0. The molecule has 0 saturated heterocycles. The van der Waals surface area contributed by atoms with E-state index in [4.69, 9.17) is 0 Å². The molecule has 1 heterocycles. The predicted octanol–water partition coefficient (Wildman–Crippen LogP) is 1.29. The first-order valence-electron chi connectivity index (χ1n) is 8.00. The van der Waals surface area contributed by atoms with E-state index in [0.29, 0.717) is 17.3 Å². The molecule has 0 radical (unpaired) electrons. The van der Waals surface area contributed by atoms with Gasteiger partial charge in [-0.25, -0.2) is 0 Å². The van der Waals surface area contributed by atoms with Crippen LogP contribution in [0.2, 0.25) is 0 Å². The molecule has 0 aliphatic heterocycles. The van der Waals surface area contributed by atoms with Crippen LogP contribution in [0.1, 0.15) is 41.8 Å². The van der Waals surface area contributed by atoms with Crippen LogP contribution in [-0.4, -0.2) is 37.4 Å². The average Bonchev–Trinajstić information content (AvgIpc) is 3.11. The number of amides is 3. The Morgan fingerprint density at radius 2 is 1.70 bits per heavy atom. The fraction of sp³-hybridized carbons (Fsp3) is 0.562. The third kappa shape index (κ3) is 6.40. The Kier molecular flexibility index (Phi) is 7.06. The fourth-order valence-corrected chi connectivity index (χ4v) is 3.25.